The topological polar surface area (TPSA) is 75.7 Å². The van der Waals surface area contributed by atoms with E-state index in [1.807, 2.05) is 42.6 Å². The van der Waals surface area contributed by atoms with Crippen molar-refractivity contribution in [2.24, 2.45) is 0 Å². The van der Waals surface area contributed by atoms with Crippen molar-refractivity contribution in [3.05, 3.63) is 53.9 Å². The number of hydrogen-bond acceptors (Lipinski definition) is 4. The monoisotopic (exact) mass is 325 g/mol. The molecule has 0 spiro atoms. The van der Waals surface area contributed by atoms with Gasteiger partial charge in [-0.3, -0.25) is 10.1 Å². The standard InChI is InChI=1S/C17H15N3O2S/c1-23(21,22)17-13-7-8-15-14(16(13)19-20-17)9-12(10-18-15)11-5-3-2-4-6-11/h2-6,9-10H,7-8H2,1H3,(H,19,20). The van der Waals surface area contributed by atoms with Gasteiger partial charge in [0.2, 0.25) is 0 Å². The lowest BCUT2D eigenvalue weighted by molar-refractivity contribution is 0.596. The van der Waals surface area contributed by atoms with Crippen LogP contribution in [-0.2, 0) is 22.7 Å². The van der Waals surface area contributed by atoms with E-state index in [0.717, 1.165) is 34.4 Å². The summed E-state index contributed by atoms with van der Waals surface area (Å²) < 4.78 is 23.8. The number of benzene rings is 1. The summed E-state index contributed by atoms with van der Waals surface area (Å²) in [6, 6.07) is 12.0. The largest absolute Gasteiger partial charge is 0.266 e. The van der Waals surface area contributed by atoms with Gasteiger partial charge >= 0.3 is 0 Å². The number of hydrogen-bond donors (Lipinski definition) is 1. The smallest absolute Gasteiger partial charge is 0.192 e. The molecule has 0 saturated heterocycles. The van der Waals surface area contributed by atoms with Crippen LogP contribution in [0.3, 0.4) is 0 Å². The molecule has 0 fully saturated rings. The third kappa shape index (κ3) is 2.35. The van der Waals surface area contributed by atoms with Gasteiger partial charge in [-0.1, -0.05) is 30.3 Å². The lowest BCUT2D eigenvalue weighted by Crippen LogP contribution is -2.08. The average molecular weight is 325 g/mol. The van der Waals surface area contributed by atoms with Crippen molar-refractivity contribution in [2.75, 3.05) is 6.26 Å². The Hall–Kier alpha value is -2.47. The quantitative estimate of drug-likeness (QED) is 0.786. The zero-order valence-corrected chi connectivity index (χ0v) is 13.4. The van der Waals surface area contributed by atoms with E-state index in [-0.39, 0.29) is 5.03 Å². The molecule has 1 N–H and O–H groups in total. The van der Waals surface area contributed by atoms with Crippen LogP contribution in [0.2, 0.25) is 0 Å². The van der Waals surface area contributed by atoms with Crippen molar-refractivity contribution in [3.8, 4) is 22.4 Å². The molecular weight excluding hydrogens is 310 g/mol. The minimum Gasteiger partial charge on any atom is -0.266 e. The van der Waals surface area contributed by atoms with E-state index in [0.29, 0.717) is 12.1 Å². The Bertz CT molecular complexity index is 992. The first-order valence-corrected chi connectivity index (χ1v) is 9.25. The summed E-state index contributed by atoms with van der Waals surface area (Å²) in [5.41, 5.74) is 5.43. The van der Waals surface area contributed by atoms with Crippen LogP contribution in [0.5, 0.6) is 0 Å². The highest BCUT2D eigenvalue weighted by molar-refractivity contribution is 7.90. The minimum atomic E-state index is -3.30. The molecule has 1 aliphatic rings. The number of nitrogens with zero attached hydrogens (tertiary/aromatic N) is 2. The number of aromatic amines is 1. The second-order valence-electron chi connectivity index (χ2n) is 5.74. The van der Waals surface area contributed by atoms with E-state index in [1.54, 1.807) is 0 Å². The molecule has 0 unspecified atom stereocenters. The summed E-state index contributed by atoms with van der Waals surface area (Å²) in [4.78, 5) is 4.56. The number of nitrogens with one attached hydrogen (secondary N) is 1. The van der Waals surface area contributed by atoms with Crippen LogP contribution in [0.1, 0.15) is 11.3 Å². The minimum absolute atomic E-state index is 0.225. The zero-order valence-electron chi connectivity index (χ0n) is 12.6. The first kappa shape index (κ1) is 14.1. The van der Waals surface area contributed by atoms with Crippen molar-refractivity contribution in [3.63, 3.8) is 0 Å². The first-order chi connectivity index (χ1) is 11.0. The Morgan fingerprint density at radius 3 is 2.61 bits per heavy atom. The predicted molar refractivity (Wildman–Crippen MR) is 87.8 cm³/mol. The molecule has 2 heterocycles. The highest BCUT2D eigenvalue weighted by atomic mass is 32.2. The second kappa shape index (κ2) is 5.03. The number of fused-ring (bicyclic) bond motifs is 3. The molecule has 23 heavy (non-hydrogen) atoms. The molecular formula is C17H15N3O2S. The van der Waals surface area contributed by atoms with Crippen molar-refractivity contribution in [1.29, 1.82) is 0 Å². The van der Waals surface area contributed by atoms with E-state index in [2.05, 4.69) is 15.2 Å². The lowest BCUT2D eigenvalue weighted by Gasteiger charge is -2.16. The summed E-state index contributed by atoms with van der Waals surface area (Å²) in [7, 11) is -3.30. The molecule has 0 atom stereocenters. The Morgan fingerprint density at radius 1 is 1.09 bits per heavy atom. The van der Waals surface area contributed by atoms with Gasteiger partial charge in [0.05, 0.1) is 11.4 Å². The Balaban J connectivity index is 1.89. The number of sulfone groups is 1. The maximum absolute atomic E-state index is 11.9. The van der Waals surface area contributed by atoms with Crippen molar-refractivity contribution >= 4 is 9.84 Å². The van der Waals surface area contributed by atoms with Crippen LogP contribution in [0.4, 0.5) is 0 Å². The van der Waals surface area contributed by atoms with Gasteiger partial charge in [-0.05, 0) is 24.5 Å². The van der Waals surface area contributed by atoms with Crippen molar-refractivity contribution in [1.82, 2.24) is 15.2 Å². The fourth-order valence-electron chi connectivity index (χ4n) is 3.04. The van der Waals surface area contributed by atoms with Crippen LogP contribution < -0.4 is 0 Å². The Kier molecular flexibility index (Phi) is 3.09. The molecule has 0 amide bonds. The molecule has 5 nitrogen and oxygen atoms in total. The van der Waals surface area contributed by atoms with E-state index < -0.39 is 9.84 Å². The van der Waals surface area contributed by atoms with Gasteiger partial charge in [0, 0.05) is 29.1 Å². The normalized spacial score (nSPS) is 13.4. The van der Waals surface area contributed by atoms with E-state index in [1.165, 1.54) is 6.26 Å². The number of rotatable bonds is 2. The molecule has 0 radical (unpaired) electrons. The molecule has 0 saturated carbocycles. The van der Waals surface area contributed by atoms with Gasteiger partial charge in [-0.2, -0.15) is 5.10 Å². The van der Waals surface area contributed by atoms with Gasteiger partial charge in [0.1, 0.15) is 0 Å². The number of pyridine rings is 1. The molecule has 0 bridgehead atoms. The summed E-state index contributed by atoms with van der Waals surface area (Å²) in [6.45, 7) is 0. The third-order valence-corrected chi connectivity index (χ3v) is 5.22. The van der Waals surface area contributed by atoms with E-state index in [9.17, 15) is 8.42 Å². The first-order valence-electron chi connectivity index (χ1n) is 7.36. The summed E-state index contributed by atoms with van der Waals surface area (Å²) in [5.74, 6) is 0. The van der Waals surface area contributed by atoms with E-state index >= 15 is 0 Å². The molecule has 0 aliphatic heterocycles. The van der Waals surface area contributed by atoms with Gasteiger partial charge in [-0.15, -0.1) is 0 Å². The molecule has 1 aliphatic carbocycles. The van der Waals surface area contributed by atoms with Crippen LogP contribution in [0.15, 0.2) is 47.6 Å². The fourth-order valence-corrected chi connectivity index (χ4v) is 3.90. The Morgan fingerprint density at radius 2 is 1.87 bits per heavy atom. The van der Waals surface area contributed by atoms with Crippen molar-refractivity contribution in [2.45, 2.75) is 17.9 Å². The number of H-pyrrole nitrogens is 1. The zero-order chi connectivity index (χ0) is 16.0. The number of aryl methyl sites for hydroxylation is 1. The van der Waals surface area contributed by atoms with Crippen LogP contribution in [0.25, 0.3) is 22.4 Å². The summed E-state index contributed by atoms with van der Waals surface area (Å²) in [5, 5.41) is 7.17. The maximum Gasteiger partial charge on any atom is 0.192 e. The van der Waals surface area contributed by atoms with E-state index in [4.69, 9.17) is 0 Å². The lowest BCUT2D eigenvalue weighted by atomic mass is 9.92. The van der Waals surface area contributed by atoms with Crippen LogP contribution in [-0.4, -0.2) is 29.9 Å². The molecule has 1 aromatic carbocycles. The fraction of sp³-hybridized carbons (Fsp3) is 0.176. The third-order valence-electron chi connectivity index (χ3n) is 4.14. The number of aromatic nitrogens is 3. The summed E-state index contributed by atoms with van der Waals surface area (Å²) in [6.07, 6.45) is 4.43. The van der Waals surface area contributed by atoms with Crippen LogP contribution >= 0.6 is 0 Å². The van der Waals surface area contributed by atoms with Gasteiger partial charge in [0.25, 0.3) is 0 Å². The Labute approximate surface area is 134 Å². The molecule has 3 aromatic rings. The molecule has 2 aromatic heterocycles. The van der Waals surface area contributed by atoms with Gasteiger partial charge < -0.3 is 0 Å². The second-order valence-corrected chi connectivity index (χ2v) is 7.69. The van der Waals surface area contributed by atoms with Crippen LogP contribution in [0, 0.1) is 0 Å². The van der Waals surface area contributed by atoms with Crippen molar-refractivity contribution < 1.29 is 8.42 Å². The molecule has 4 rings (SSSR count). The highest BCUT2D eigenvalue weighted by Gasteiger charge is 2.27. The molecule has 116 valence electrons. The van der Waals surface area contributed by atoms with Gasteiger partial charge in [-0.25, -0.2) is 8.42 Å². The van der Waals surface area contributed by atoms with Gasteiger partial charge in [0.15, 0.2) is 14.9 Å². The SMILES string of the molecule is CS(=O)(=O)c1[nH]nc2c1CCc1ncc(-c3ccccc3)cc1-2. The highest BCUT2D eigenvalue weighted by Crippen LogP contribution is 2.36. The maximum atomic E-state index is 11.9. The summed E-state index contributed by atoms with van der Waals surface area (Å²) >= 11 is 0. The predicted octanol–water partition coefficient (Wildman–Crippen LogP) is 2.64. The molecule has 6 heteroatoms. The average Bonchev–Trinajstić information content (AvgIpc) is 3.00.